The number of nitrogens with one attached hydrogen (secondary N) is 1. The Balaban J connectivity index is 2.20. The van der Waals surface area contributed by atoms with Crippen LogP contribution in [0.5, 0.6) is 11.6 Å². The first-order valence-electron chi connectivity index (χ1n) is 6.00. The van der Waals surface area contributed by atoms with Crippen LogP contribution in [0.4, 0.5) is 11.8 Å². The van der Waals surface area contributed by atoms with Crippen LogP contribution in [0.25, 0.3) is 0 Å². The summed E-state index contributed by atoms with van der Waals surface area (Å²) in [5.41, 5.74) is 5.65. The molecule has 1 aromatic heterocycles. The van der Waals surface area contributed by atoms with Gasteiger partial charge in [0, 0.05) is 12.6 Å². The van der Waals surface area contributed by atoms with E-state index in [4.69, 9.17) is 22.1 Å². The number of nitrogens with two attached hydrogens (primary N) is 1. The Kier molecular flexibility index (Phi) is 4.41. The maximum Gasteiger partial charge on any atom is 0.226 e. The van der Waals surface area contributed by atoms with Crippen molar-refractivity contribution in [2.75, 3.05) is 17.6 Å². The average Bonchev–Trinajstić information content (AvgIpc) is 2.38. The van der Waals surface area contributed by atoms with Crippen molar-refractivity contribution in [3.05, 3.63) is 35.4 Å². The van der Waals surface area contributed by atoms with Crippen LogP contribution in [-0.2, 0) is 0 Å². The highest BCUT2D eigenvalue weighted by Crippen LogP contribution is 2.28. The maximum absolute atomic E-state index is 6.02. The largest absolute Gasteiger partial charge is 0.437 e. The summed E-state index contributed by atoms with van der Waals surface area (Å²) in [6.07, 6.45) is 0.991. The SMILES string of the molecule is CCCNc1cc(Oc2ccccc2Cl)nc(N)n1. The minimum atomic E-state index is 0.156. The number of nitrogen functional groups attached to an aromatic ring is 1. The van der Waals surface area contributed by atoms with Gasteiger partial charge in [-0.25, -0.2) is 0 Å². The van der Waals surface area contributed by atoms with Gasteiger partial charge in [-0.3, -0.25) is 0 Å². The minimum Gasteiger partial charge on any atom is -0.437 e. The van der Waals surface area contributed by atoms with Crippen LogP contribution < -0.4 is 15.8 Å². The van der Waals surface area contributed by atoms with Gasteiger partial charge in [-0.2, -0.15) is 9.97 Å². The second kappa shape index (κ2) is 6.24. The van der Waals surface area contributed by atoms with E-state index in [1.54, 1.807) is 18.2 Å². The van der Waals surface area contributed by atoms with Crippen molar-refractivity contribution in [3.8, 4) is 11.6 Å². The number of ether oxygens (including phenoxy) is 1. The molecule has 1 heterocycles. The van der Waals surface area contributed by atoms with Gasteiger partial charge in [0.05, 0.1) is 5.02 Å². The lowest BCUT2D eigenvalue weighted by atomic mass is 10.3. The van der Waals surface area contributed by atoms with E-state index in [2.05, 4.69) is 22.2 Å². The van der Waals surface area contributed by atoms with Crippen LogP contribution in [0.1, 0.15) is 13.3 Å². The van der Waals surface area contributed by atoms with E-state index in [-0.39, 0.29) is 5.95 Å². The van der Waals surface area contributed by atoms with Crippen molar-refractivity contribution in [1.82, 2.24) is 9.97 Å². The third-order valence-corrected chi connectivity index (χ3v) is 2.64. The Labute approximate surface area is 116 Å². The van der Waals surface area contributed by atoms with Gasteiger partial charge in [0.1, 0.15) is 11.6 Å². The first-order valence-corrected chi connectivity index (χ1v) is 6.37. The highest BCUT2D eigenvalue weighted by atomic mass is 35.5. The molecule has 0 spiro atoms. The van der Waals surface area contributed by atoms with Crippen LogP contribution in [0.2, 0.25) is 5.02 Å². The van der Waals surface area contributed by atoms with Gasteiger partial charge in [0.25, 0.3) is 0 Å². The van der Waals surface area contributed by atoms with E-state index >= 15 is 0 Å². The zero-order valence-corrected chi connectivity index (χ0v) is 11.3. The smallest absolute Gasteiger partial charge is 0.226 e. The molecular formula is C13H15ClN4O. The Morgan fingerprint density at radius 2 is 2.11 bits per heavy atom. The van der Waals surface area contributed by atoms with Gasteiger partial charge in [-0.05, 0) is 18.6 Å². The number of halogens is 1. The van der Waals surface area contributed by atoms with Crippen molar-refractivity contribution in [2.24, 2.45) is 0 Å². The molecule has 5 nitrogen and oxygen atoms in total. The lowest BCUT2D eigenvalue weighted by Crippen LogP contribution is -2.05. The molecule has 0 atom stereocenters. The Bertz CT molecular complexity index is 562. The number of anilines is 2. The van der Waals surface area contributed by atoms with Crippen LogP contribution in [0.3, 0.4) is 0 Å². The summed E-state index contributed by atoms with van der Waals surface area (Å²) < 4.78 is 5.61. The minimum absolute atomic E-state index is 0.156. The van der Waals surface area contributed by atoms with Crippen molar-refractivity contribution in [1.29, 1.82) is 0 Å². The average molecular weight is 279 g/mol. The molecule has 2 aromatic rings. The normalized spacial score (nSPS) is 10.2. The number of hydrogen-bond acceptors (Lipinski definition) is 5. The Morgan fingerprint density at radius 1 is 1.32 bits per heavy atom. The monoisotopic (exact) mass is 278 g/mol. The van der Waals surface area contributed by atoms with E-state index in [0.717, 1.165) is 13.0 Å². The van der Waals surface area contributed by atoms with Crippen LogP contribution in [0, 0.1) is 0 Å². The highest BCUT2D eigenvalue weighted by molar-refractivity contribution is 6.32. The van der Waals surface area contributed by atoms with Crippen molar-refractivity contribution in [3.63, 3.8) is 0 Å². The standard InChI is InChI=1S/C13H15ClN4O/c1-2-7-16-11-8-12(18-13(15)17-11)19-10-6-4-3-5-9(10)14/h3-6,8H,2,7H2,1H3,(H3,15,16,17,18). The molecule has 6 heteroatoms. The summed E-state index contributed by atoms with van der Waals surface area (Å²) in [5.74, 6) is 1.68. The predicted octanol–water partition coefficient (Wildman–Crippen LogP) is 3.33. The highest BCUT2D eigenvalue weighted by Gasteiger charge is 2.06. The fourth-order valence-electron chi connectivity index (χ4n) is 1.48. The Hall–Kier alpha value is -2.01. The summed E-state index contributed by atoms with van der Waals surface area (Å²) in [7, 11) is 0. The maximum atomic E-state index is 6.02. The molecule has 3 N–H and O–H groups in total. The van der Waals surface area contributed by atoms with Crippen LogP contribution in [0.15, 0.2) is 30.3 Å². The quantitative estimate of drug-likeness (QED) is 0.878. The first-order chi connectivity index (χ1) is 9.19. The lowest BCUT2D eigenvalue weighted by molar-refractivity contribution is 0.463. The van der Waals surface area contributed by atoms with Crippen molar-refractivity contribution >= 4 is 23.4 Å². The molecule has 100 valence electrons. The number of para-hydroxylation sites is 1. The fourth-order valence-corrected chi connectivity index (χ4v) is 1.65. The zero-order valence-electron chi connectivity index (χ0n) is 10.6. The molecule has 1 aromatic carbocycles. The fraction of sp³-hybridized carbons (Fsp3) is 0.231. The summed E-state index contributed by atoms with van der Waals surface area (Å²) in [6.45, 7) is 2.88. The molecule has 0 aliphatic heterocycles. The molecule has 0 amide bonds. The second-order valence-electron chi connectivity index (χ2n) is 3.91. The Morgan fingerprint density at radius 3 is 2.84 bits per heavy atom. The third-order valence-electron chi connectivity index (χ3n) is 2.33. The second-order valence-corrected chi connectivity index (χ2v) is 4.32. The van der Waals surface area contributed by atoms with Gasteiger partial charge >= 0.3 is 0 Å². The summed E-state index contributed by atoms with van der Waals surface area (Å²) in [5, 5.41) is 3.65. The molecular weight excluding hydrogens is 264 g/mol. The van der Waals surface area contributed by atoms with Gasteiger partial charge in [0.15, 0.2) is 0 Å². The van der Waals surface area contributed by atoms with Crippen molar-refractivity contribution < 1.29 is 4.74 Å². The topological polar surface area (TPSA) is 73.1 Å². The molecule has 0 bridgehead atoms. The van der Waals surface area contributed by atoms with Gasteiger partial charge < -0.3 is 15.8 Å². The van der Waals surface area contributed by atoms with Gasteiger partial charge in [-0.1, -0.05) is 30.7 Å². The number of hydrogen-bond donors (Lipinski definition) is 2. The van der Waals surface area contributed by atoms with E-state index in [1.165, 1.54) is 0 Å². The molecule has 0 unspecified atom stereocenters. The molecule has 19 heavy (non-hydrogen) atoms. The number of benzene rings is 1. The third kappa shape index (κ3) is 3.72. The number of rotatable bonds is 5. The number of aromatic nitrogens is 2. The number of nitrogens with zero attached hydrogens (tertiary/aromatic N) is 2. The molecule has 0 saturated carbocycles. The molecule has 2 rings (SSSR count). The van der Waals surface area contributed by atoms with E-state index < -0.39 is 0 Å². The first kappa shape index (κ1) is 13.4. The van der Waals surface area contributed by atoms with Crippen molar-refractivity contribution in [2.45, 2.75) is 13.3 Å². The zero-order chi connectivity index (χ0) is 13.7. The molecule has 0 saturated heterocycles. The summed E-state index contributed by atoms with van der Waals surface area (Å²) >= 11 is 6.02. The van der Waals surface area contributed by atoms with Gasteiger partial charge in [-0.15, -0.1) is 0 Å². The van der Waals surface area contributed by atoms with Gasteiger partial charge in [0.2, 0.25) is 11.8 Å². The summed E-state index contributed by atoms with van der Waals surface area (Å²) in [4.78, 5) is 8.10. The predicted molar refractivity (Wildman–Crippen MR) is 76.8 cm³/mol. The van der Waals surface area contributed by atoms with Crippen LogP contribution in [-0.4, -0.2) is 16.5 Å². The van der Waals surface area contributed by atoms with E-state index in [9.17, 15) is 0 Å². The summed E-state index contributed by atoms with van der Waals surface area (Å²) in [6, 6.07) is 8.87. The molecule has 0 aliphatic rings. The van der Waals surface area contributed by atoms with E-state index in [0.29, 0.717) is 22.5 Å². The van der Waals surface area contributed by atoms with Crippen LogP contribution >= 0.6 is 11.6 Å². The molecule has 0 aliphatic carbocycles. The molecule has 0 fully saturated rings. The lowest BCUT2D eigenvalue weighted by Gasteiger charge is -2.09. The molecule has 0 radical (unpaired) electrons. The van der Waals surface area contributed by atoms with E-state index in [1.807, 2.05) is 12.1 Å².